The van der Waals surface area contributed by atoms with E-state index in [0.29, 0.717) is 5.69 Å². The van der Waals surface area contributed by atoms with Gasteiger partial charge < -0.3 is 10.6 Å². The summed E-state index contributed by atoms with van der Waals surface area (Å²) in [5, 5.41) is 0. The van der Waals surface area contributed by atoms with Gasteiger partial charge in [-0.25, -0.2) is 0 Å². The Morgan fingerprint density at radius 3 is 2.83 bits per heavy atom. The summed E-state index contributed by atoms with van der Waals surface area (Å²) < 4.78 is 0.908. The fourth-order valence-corrected chi connectivity index (χ4v) is 2.44. The Kier molecular flexibility index (Phi) is 4.15. The summed E-state index contributed by atoms with van der Waals surface area (Å²) >= 11 is 3.47. The van der Waals surface area contributed by atoms with Crippen molar-refractivity contribution in [2.45, 2.75) is 6.42 Å². The third kappa shape index (κ3) is 2.98. The van der Waals surface area contributed by atoms with Crippen LogP contribution in [-0.2, 0) is 6.42 Å². The molecule has 0 aliphatic heterocycles. The molecule has 2 heterocycles. The summed E-state index contributed by atoms with van der Waals surface area (Å²) in [7, 11) is 2.01. The zero-order chi connectivity index (χ0) is 13.0. The fourth-order valence-electron chi connectivity index (χ4n) is 1.79. The van der Waals surface area contributed by atoms with Crippen LogP contribution in [-0.4, -0.2) is 23.6 Å². The number of halogens is 1. The maximum Gasteiger partial charge on any atom is 0.0773 e. The summed E-state index contributed by atoms with van der Waals surface area (Å²) in [5.41, 5.74) is 8.67. The number of aromatic nitrogens is 2. The summed E-state index contributed by atoms with van der Waals surface area (Å²) in [6.07, 6.45) is 6.11. The Balaban J connectivity index is 2.06. The predicted molar refractivity (Wildman–Crippen MR) is 77.6 cm³/mol. The van der Waals surface area contributed by atoms with Crippen LogP contribution in [0.5, 0.6) is 0 Å². The van der Waals surface area contributed by atoms with Crippen molar-refractivity contribution in [3.05, 3.63) is 47.0 Å². The number of nitrogens with zero attached hydrogens (tertiary/aromatic N) is 3. The van der Waals surface area contributed by atoms with Crippen LogP contribution in [0.3, 0.4) is 0 Å². The maximum atomic E-state index is 5.94. The average molecular weight is 307 g/mol. The van der Waals surface area contributed by atoms with E-state index >= 15 is 0 Å². The molecule has 5 heteroatoms. The molecule has 2 aromatic rings. The van der Waals surface area contributed by atoms with Crippen molar-refractivity contribution in [3.63, 3.8) is 0 Å². The SMILES string of the molecule is CN(CCc1ccccn1)c1c(N)cncc1Br. The number of nitrogens with two attached hydrogens (primary N) is 1. The lowest BCUT2D eigenvalue weighted by atomic mass is 10.2. The van der Waals surface area contributed by atoms with Crippen molar-refractivity contribution in [2.75, 3.05) is 24.2 Å². The molecule has 0 bridgehead atoms. The third-order valence-electron chi connectivity index (χ3n) is 2.71. The minimum Gasteiger partial charge on any atom is -0.396 e. The molecule has 0 radical (unpaired) electrons. The van der Waals surface area contributed by atoms with Gasteiger partial charge in [-0.2, -0.15) is 0 Å². The second kappa shape index (κ2) is 5.82. The highest BCUT2D eigenvalue weighted by Crippen LogP contribution is 2.30. The summed E-state index contributed by atoms with van der Waals surface area (Å²) in [6, 6.07) is 5.95. The van der Waals surface area contributed by atoms with Gasteiger partial charge in [-0.1, -0.05) is 6.07 Å². The monoisotopic (exact) mass is 306 g/mol. The number of hydrogen-bond acceptors (Lipinski definition) is 4. The molecule has 4 nitrogen and oxygen atoms in total. The van der Waals surface area contributed by atoms with Crippen molar-refractivity contribution < 1.29 is 0 Å². The largest absolute Gasteiger partial charge is 0.396 e. The van der Waals surface area contributed by atoms with Gasteiger partial charge in [0.25, 0.3) is 0 Å². The highest BCUT2D eigenvalue weighted by Gasteiger charge is 2.10. The number of hydrogen-bond donors (Lipinski definition) is 1. The van der Waals surface area contributed by atoms with Gasteiger partial charge >= 0.3 is 0 Å². The molecule has 2 N–H and O–H groups in total. The minimum atomic E-state index is 0.674. The van der Waals surface area contributed by atoms with Crippen LogP contribution >= 0.6 is 15.9 Å². The smallest absolute Gasteiger partial charge is 0.0773 e. The van der Waals surface area contributed by atoms with Crippen molar-refractivity contribution in [1.29, 1.82) is 0 Å². The molecule has 0 atom stereocenters. The highest BCUT2D eigenvalue weighted by molar-refractivity contribution is 9.10. The van der Waals surface area contributed by atoms with Gasteiger partial charge in [0, 0.05) is 38.1 Å². The molecule has 0 spiro atoms. The Labute approximate surface area is 115 Å². The number of pyridine rings is 2. The van der Waals surface area contributed by atoms with Gasteiger partial charge in [0.15, 0.2) is 0 Å². The van der Waals surface area contributed by atoms with E-state index in [9.17, 15) is 0 Å². The van der Waals surface area contributed by atoms with Crippen LogP contribution < -0.4 is 10.6 Å². The first-order chi connectivity index (χ1) is 8.68. The third-order valence-corrected chi connectivity index (χ3v) is 3.29. The second-order valence-corrected chi connectivity index (χ2v) is 4.91. The molecule has 0 fully saturated rings. The van der Waals surface area contributed by atoms with Crippen LogP contribution in [0.4, 0.5) is 11.4 Å². The van der Waals surface area contributed by atoms with Crippen LogP contribution in [0.1, 0.15) is 5.69 Å². The Bertz CT molecular complexity index is 495. The van der Waals surface area contributed by atoms with Crippen molar-refractivity contribution in [1.82, 2.24) is 9.97 Å². The molecule has 0 saturated heterocycles. The average Bonchev–Trinajstić information content (AvgIpc) is 2.37. The van der Waals surface area contributed by atoms with E-state index in [4.69, 9.17) is 5.73 Å². The van der Waals surface area contributed by atoms with Crippen molar-refractivity contribution >= 4 is 27.3 Å². The highest BCUT2D eigenvalue weighted by atomic mass is 79.9. The van der Waals surface area contributed by atoms with E-state index in [2.05, 4.69) is 30.8 Å². The first kappa shape index (κ1) is 12.8. The number of anilines is 2. The zero-order valence-corrected chi connectivity index (χ0v) is 11.8. The van der Waals surface area contributed by atoms with Crippen LogP contribution in [0, 0.1) is 0 Å². The summed E-state index contributed by atoms with van der Waals surface area (Å²) in [5.74, 6) is 0. The summed E-state index contributed by atoms with van der Waals surface area (Å²) in [4.78, 5) is 10.4. The normalized spacial score (nSPS) is 10.3. The van der Waals surface area contributed by atoms with Crippen LogP contribution in [0.15, 0.2) is 41.3 Å². The first-order valence-corrected chi connectivity index (χ1v) is 6.48. The lowest BCUT2D eigenvalue weighted by Crippen LogP contribution is -2.22. The molecule has 2 aromatic heterocycles. The molecule has 2 rings (SSSR count). The minimum absolute atomic E-state index is 0.674. The van der Waals surface area contributed by atoms with E-state index in [0.717, 1.165) is 28.8 Å². The molecular formula is C13H15BrN4. The molecule has 94 valence electrons. The summed E-state index contributed by atoms with van der Waals surface area (Å²) in [6.45, 7) is 0.851. The predicted octanol–water partition coefficient (Wildman–Crippen LogP) is 2.50. The van der Waals surface area contributed by atoms with E-state index in [1.807, 2.05) is 31.4 Å². The number of nitrogen functional groups attached to an aromatic ring is 1. The molecule has 0 saturated carbocycles. The Morgan fingerprint density at radius 2 is 2.17 bits per heavy atom. The maximum absolute atomic E-state index is 5.94. The Morgan fingerprint density at radius 1 is 1.33 bits per heavy atom. The van der Waals surface area contributed by atoms with Gasteiger partial charge in [-0.05, 0) is 28.1 Å². The first-order valence-electron chi connectivity index (χ1n) is 5.68. The van der Waals surface area contributed by atoms with E-state index in [1.54, 1.807) is 12.4 Å². The van der Waals surface area contributed by atoms with E-state index in [1.165, 1.54) is 0 Å². The number of likely N-dealkylation sites (N-methyl/N-ethyl adjacent to an activating group) is 1. The topological polar surface area (TPSA) is 55.0 Å². The van der Waals surface area contributed by atoms with Gasteiger partial charge in [-0.15, -0.1) is 0 Å². The molecule has 0 aromatic carbocycles. The lowest BCUT2D eigenvalue weighted by molar-refractivity contribution is 0.851. The molecule has 0 unspecified atom stereocenters. The van der Waals surface area contributed by atoms with Crippen LogP contribution in [0.25, 0.3) is 0 Å². The molecule has 18 heavy (non-hydrogen) atoms. The fraction of sp³-hybridized carbons (Fsp3) is 0.231. The molecule has 0 aliphatic carbocycles. The van der Waals surface area contributed by atoms with Gasteiger partial charge in [-0.3, -0.25) is 9.97 Å². The lowest BCUT2D eigenvalue weighted by Gasteiger charge is -2.21. The number of rotatable bonds is 4. The van der Waals surface area contributed by atoms with Gasteiger partial charge in [0.1, 0.15) is 0 Å². The standard InChI is InChI=1S/C13H15BrN4/c1-18(7-5-10-4-2-3-6-17-10)13-11(14)8-16-9-12(13)15/h2-4,6,8-9H,5,7,15H2,1H3. The Hall–Kier alpha value is -1.62. The van der Waals surface area contributed by atoms with Crippen molar-refractivity contribution in [2.24, 2.45) is 0 Å². The molecule has 0 aliphatic rings. The molecular weight excluding hydrogens is 292 g/mol. The zero-order valence-electron chi connectivity index (χ0n) is 10.2. The second-order valence-electron chi connectivity index (χ2n) is 4.05. The van der Waals surface area contributed by atoms with Gasteiger partial charge in [0.2, 0.25) is 0 Å². The molecule has 0 amide bonds. The quantitative estimate of drug-likeness (QED) is 0.943. The van der Waals surface area contributed by atoms with E-state index in [-0.39, 0.29) is 0 Å². The van der Waals surface area contributed by atoms with Crippen molar-refractivity contribution in [3.8, 4) is 0 Å². The van der Waals surface area contributed by atoms with Gasteiger partial charge in [0.05, 0.1) is 22.0 Å². The van der Waals surface area contributed by atoms with Crippen LogP contribution in [0.2, 0.25) is 0 Å². The van der Waals surface area contributed by atoms with E-state index < -0.39 is 0 Å².